The largest absolute Gasteiger partial charge is 0.378 e. The predicted octanol–water partition coefficient (Wildman–Crippen LogP) is 0.281. The van der Waals surface area contributed by atoms with Crippen LogP contribution in [0, 0.1) is 5.92 Å². The van der Waals surface area contributed by atoms with Crippen LogP contribution in [0.2, 0.25) is 0 Å². The molecule has 1 amide bonds. The van der Waals surface area contributed by atoms with E-state index in [0.29, 0.717) is 6.10 Å². The second kappa shape index (κ2) is 5.47. The summed E-state index contributed by atoms with van der Waals surface area (Å²) in [4.78, 5) is 11.6. The highest BCUT2D eigenvalue weighted by molar-refractivity contribution is 5.79. The Balaban J connectivity index is 1.58. The number of ether oxygens (including phenoxy) is 1. The van der Waals surface area contributed by atoms with Gasteiger partial charge in [0.1, 0.15) is 0 Å². The molecule has 2 fully saturated rings. The number of amides is 1. The van der Waals surface area contributed by atoms with Crippen molar-refractivity contribution in [2.45, 2.75) is 31.8 Å². The van der Waals surface area contributed by atoms with Gasteiger partial charge in [-0.2, -0.15) is 0 Å². The molecular weight excluding hydrogens is 192 g/mol. The lowest BCUT2D eigenvalue weighted by Gasteiger charge is -2.12. The third-order valence-electron chi connectivity index (χ3n) is 3.22. The summed E-state index contributed by atoms with van der Waals surface area (Å²) in [5.41, 5.74) is 0. The van der Waals surface area contributed by atoms with E-state index in [1.165, 1.54) is 6.42 Å². The van der Waals surface area contributed by atoms with Gasteiger partial charge in [-0.05, 0) is 32.2 Å². The van der Waals surface area contributed by atoms with Crippen LogP contribution >= 0.6 is 0 Å². The highest BCUT2D eigenvalue weighted by Crippen LogP contribution is 2.14. The van der Waals surface area contributed by atoms with Gasteiger partial charge in [-0.25, -0.2) is 0 Å². The van der Waals surface area contributed by atoms with Gasteiger partial charge in [0.05, 0.1) is 12.0 Å². The van der Waals surface area contributed by atoms with Crippen LogP contribution in [0.15, 0.2) is 0 Å². The van der Waals surface area contributed by atoms with Crippen molar-refractivity contribution in [3.05, 3.63) is 0 Å². The number of carbonyl (C=O) groups is 1. The Kier molecular flexibility index (Phi) is 3.97. The topological polar surface area (TPSA) is 50.4 Å². The van der Waals surface area contributed by atoms with Gasteiger partial charge in [-0.3, -0.25) is 4.79 Å². The summed E-state index contributed by atoms with van der Waals surface area (Å²) < 4.78 is 5.50. The summed E-state index contributed by atoms with van der Waals surface area (Å²) in [6, 6.07) is 0. The first kappa shape index (κ1) is 10.9. The molecule has 0 aliphatic carbocycles. The third-order valence-corrected chi connectivity index (χ3v) is 3.22. The Morgan fingerprint density at radius 3 is 3.07 bits per heavy atom. The van der Waals surface area contributed by atoms with Crippen LogP contribution < -0.4 is 10.6 Å². The standard InChI is InChI=1S/C11H20N2O2/c14-11(9-3-5-12-8-9)13-6-4-10-2-1-7-15-10/h9-10,12H,1-8H2,(H,13,14). The summed E-state index contributed by atoms with van der Waals surface area (Å²) in [7, 11) is 0. The van der Waals surface area contributed by atoms with Crippen LogP contribution in [0.1, 0.15) is 25.7 Å². The minimum absolute atomic E-state index is 0.189. The van der Waals surface area contributed by atoms with Crippen molar-refractivity contribution in [2.24, 2.45) is 5.92 Å². The fourth-order valence-corrected chi connectivity index (χ4v) is 2.25. The zero-order valence-corrected chi connectivity index (χ0v) is 9.13. The molecule has 2 heterocycles. The molecule has 2 N–H and O–H groups in total. The molecule has 15 heavy (non-hydrogen) atoms. The normalized spacial score (nSPS) is 30.7. The van der Waals surface area contributed by atoms with E-state index in [1.807, 2.05) is 0 Å². The number of hydrogen-bond acceptors (Lipinski definition) is 3. The molecule has 0 radical (unpaired) electrons. The number of hydrogen-bond donors (Lipinski definition) is 2. The smallest absolute Gasteiger partial charge is 0.224 e. The van der Waals surface area contributed by atoms with Crippen molar-refractivity contribution in [1.29, 1.82) is 0 Å². The first-order chi connectivity index (χ1) is 7.36. The molecule has 2 saturated heterocycles. The fraction of sp³-hybridized carbons (Fsp3) is 0.909. The Morgan fingerprint density at radius 2 is 2.40 bits per heavy atom. The summed E-state index contributed by atoms with van der Waals surface area (Å²) in [5.74, 6) is 0.396. The molecule has 2 aliphatic heterocycles. The zero-order valence-electron chi connectivity index (χ0n) is 9.13. The van der Waals surface area contributed by atoms with Gasteiger partial charge in [0.15, 0.2) is 0 Å². The van der Waals surface area contributed by atoms with Crippen molar-refractivity contribution < 1.29 is 9.53 Å². The van der Waals surface area contributed by atoms with Crippen LogP contribution in [0.5, 0.6) is 0 Å². The van der Waals surface area contributed by atoms with Gasteiger partial charge in [0.2, 0.25) is 5.91 Å². The molecule has 2 aliphatic rings. The predicted molar refractivity (Wildman–Crippen MR) is 57.6 cm³/mol. The Labute approximate surface area is 90.8 Å². The highest BCUT2D eigenvalue weighted by Gasteiger charge is 2.22. The Bertz CT molecular complexity index is 209. The van der Waals surface area contributed by atoms with E-state index in [0.717, 1.165) is 45.5 Å². The van der Waals surface area contributed by atoms with Crippen molar-refractivity contribution in [3.8, 4) is 0 Å². The maximum absolute atomic E-state index is 11.6. The van der Waals surface area contributed by atoms with Crippen molar-refractivity contribution >= 4 is 5.91 Å². The zero-order chi connectivity index (χ0) is 10.5. The number of rotatable bonds is 4. The van der Waals surface area contributed by atoms with Gasteiger partial charge in [-0.15, -0.1) is 0 Å². The molecule has 2 atom stereocenters. The van der Waals surface area contributed by atoms with Gasteiger partial charge in [-0.1, -0.05) is 0 Å². The summed E-state index contributed by atoms with van der Waals surface area (Å²) >= 11 is 0. The van der Waals surface area contributed by atoms with Gasteiger partial charge < -0.3 is 15.4 Å². The lowest BCUT2D eigenvalue weighted by atomic mass is 10.1. The minimum atomic E-state index is 0.189. The number of nitrogens with one attached hydrogen (secondary N) is 2. The molecule has 2 unspecified atom stereocenters. The van der Waals surface area contributed by atoms with Gasteiger partial charge in [0, 0.05) is 19.7 Å². The van der Waals surface area contributed by atoms with E-state index in [1.54, 1.807) is 0 Å². The number of carbonyl (C=O) groups excluding carboxylic acids is 1. The van der Waals surface area contributed by atoms with Gasteiger partial charge >= 0.3 is 0 Å². The molecule has 4 heteroatoms. The molecule has 4 nitrogen and oxygen atoms in total. The fourth-order valence-electron chi connectivity index (χ4n) is 2.25. The maximum Gasteiger partial charge on any atom is 0.224 e. The van der Waals surface area contributed by atoms with Gasteiger partial charge in [0.25, 0.3) is 0 Å². The quantitative estimate of drug-likeness (QED) is 0.704. The van der Waals surface area contributed by atoms with Crippen LogP contribution in [0.3, 0.4) is 0 Å². The molecule has 0 aromatic heterocycles. The summed E-state index contributed by atoms with van der Waals surface area (Å²) in [6.07, 6.45) is 4.65. The molecule has 0 saturated carbocycles. The lowest BCUT2D eigenvalue weighted by Crippen LogP contribution is -2.33. The van der Waals surface area contributed by atoms with Crippen LogP contribution in [0.4, 0.5) is 0 Å². The van der Waals surface area contributed by atoms with E-state index in [9.17, 15) is 4.79 Å². The van der Waals surface area contributed by atoms with E-state index in [-0.39, 0.29) is 11.8 Å². The molecule has 2 rings (SSSR count). The van der Waals surface area contributed by atoms with Crippen LogP contribution in [-0.4, -0.2) is 38.3 Å². The van der Waals surface area contributed by atoms with E-state index in [2.05, 4.69) is 10.6 Å². The van der Waals surface area contributed by atoms with Crippen molar-refractivity contribution in [2.75, 3.05) is 26.2 Å². The van der Waals surface area contributed by atoms with Crippen LogP contribution in [0.25, 0.3) is 0 Å². The lowest BCUT2D eigenvalue weighted by molar-refractivity contribution is -0.124. The SMILES string of the molecule is O=C(NCCC1CCCO1)C1CCNC1. The van der Waals surface area contributed by atoms with E-state index in [4.69, 9.17) is 4.74 Å². The highest BCUT2D eigenvalue weighted by atomic mass is 16.5. The average molecular weight is 212 g/mol. The Hall–Kier alpha value is -0.610. The van der Waals surface area contributed by atoms with Crippen molar-refractivity contribution in [3.63, 3.8) is 0 Å². The van der Waals surface area contributed by atoms with E-state index < -0.39 is 0 Å². The molecule has 0 bridgehead atoms. The first-order valence-corrected chi connectivity index (χ1v) is 5.96. The minimum Gasteiger partial charge on any atom is -0.378 e. The van der Waals surface area contributed by atoms with Crippen molar-refractivity contribution in [1.82, 2.24) is 10.6 Å². The molecule has 0 aromatic carbocycles. The molecular formula is C11H20N2O2. The van der Waals surface area contributed by atoms with E-state index >= 15 is 0 Å². The molecule has 0 spiro atoms. The maximum atomic E-state index is 11.6. The monoisotopic (exact) mass is 212 g/mol. The summed E-state index contributed by atoms with van der Waals surface area (Å²) in [5, 5.41) is 6.19. The molecule has 0 aromatic rings. The summed E-state index contributed by atoms with van der Waals surface area (Å²) in [6.45, 7) is 3.47. The first-order valence-electron chi connectivity index (χ1n) is 5.96. The molecule has 86 valence electrons. The van der Waals surface area contributed by atoms with Crippen LogP contribution in [-0.2, 0) is 9.53 Å². The average Bonchev–Trinajstić information content (AvgIpc) is 2.90. The Morgan fingerprint density at radius 1 is 1.47 bits per heavy atom. The second-order valence-electron chi connectivity index (χ2n) is 4.40. The third kappa shape index (κ3) is 3.18. The second-order valence-corrected chi connectivity index (χ2v) is 4.40.